The van der Waals surface area contributed by atoms with Crippen LogP contribution in [0.15, 0.2) is 45.8 Å². The lowest BCUT2D eigenvalue weighted by atomic mass is 10.1. The molecule has 2 aromatic rings. The maximum atomic E-state index is 12.0. The Morgan fingerprint density at radius 3 is 2.36 bits per heavy atom. The summed E-state index contributed by atoms with van der Waals surface area (Å²) in [4.78, 5) is 16.5. The van der Waals surface area contributed by atoms with Crippen LogP contribution in [0.3, 0.4) is 0 Å². The van der Waals surface area contributed by atoms with Gasteiger partial charge < -0.3 is 5.32 Å². The third-order valence-corrected chi connectivity index (χ3v) is 4.97. The Morgan fingerprint density at radius 1 is 1.18 bits per heavy atom. The van der Waals surface area contributed by atoms with Crippen LogP contribution in [0.1, 0.15) is 11.3 Å². The molecular formula is C15H15BrN2O3S. The van der Waals surface area contributed by atoms with Gasteiger partial charge in [-0.05, 0) is 52.7 Å². The molecule has 7 heteroatoms. The number of anilines is 1. The van der Waals surface area contributed by atoms with Gasteiger partial charge in [0.05, 0.1) is 17.0 Å². The fourth-order valence-corrected chi connectivity index (χ4v) is 2.69. The van der Waals surface area contributed by atoms with Gasteiger partial charge >= 0.3 is 0 Å². The van der Waals surface area contributed by atoms with Gasteiger partial charge in [0.1, 0.15) is 5.82 Å². The minimum Gasteiger partial charge on any atom is -0.310 e. The Bertz CT molecular complexity index is 802. The van der Waals surface area contributed by atoms with Gasteiger partial charge in [-0.1, -0.05) is 12.1 Å². The summed E-state index contributed by atoms with van der Waals surface area (Å²) >= 11 is 3.35. The van der Waals surface area contributed by atoms with Crippen molar-refractivity contribution < 1.29 is 13.2 Å². The van der Waals surface area contributed by atoms with E-state index in [2.05, 4.69) is 26.2 Å². The molecule has 0 radical (unpaired) electrons. The highest BCUT2D eigenvalue weighted by Gasteiger charge is 2.09. The lowest BCUT2D eigenvalue weighted by Crippen LogP contribution is -2.15. The average molecular weight is 383 g/mol. The van der Waals surface area contributed by atoms with E-state index < -0.39 is 9.84 Å². The Hall–Kier alpha value is -1.73. The molecule has 0 bridgehead atoms. The summed E-state index contributed by atoms with van der Waals surface area (Å²) in [7, 11) is -3.22. The summed E-state index contributed by atoms with van der Waals surface area (Å²) in [5, 5.41) is 2.71. The minimum atomic E-state index is -3.22. The first kappa shape index (κ1) is 16.6. The van der Waals surface area contributed by atoms with Gasteiger partial charge in [-0.3, -0.25) is 4.79 Å². The van der Waals surface area contributed by atoms with Crippen molar-refractivity contribution in [2.75, 3.05) is 11.6 Å². The van der Waals surface area contributed by atoms with Gasteiger partial charge in [-0.15, -0.1) is 0 Å². The molecule has 22 heavy (non-hydrogen) atoms. The highest BCUT2D eigenvalue weighted by atomic mass is 79.9. The second-order valence-electron chi connectivity index (χ2n) is 4.90. The Labute approximate surface area is 137 Å². The van der Waals surface area contributed by atoms with Crippen LogP contribution in [-0.4, -0.2) is 25.6 Å². The topological polar surface area (TPSA) is 76.1 Å². The van der Waals surface area contributed by atoms with Crippen molar-refractivity contribution in [2.24, 2.45) is 0 Å². The number of aryl methyl sites for hydroxylation is 1. The summed E-state index contributed by atoms with van der Waals surface area (Å²) < 4.78 is 23.6. The number of rotatable bonds is 4. The second kappa shape index (κ2) is 6.58. The molecule has 5 nitrogen and oxygen atoms in total. The van der Waals surface area contributed by atoms with Crippen LogP contribution in [0.5, 0.6) is 0 Å². The summed E-state index contributed by atoms with van der Waals surface area (Å²) in [6.07, 6.45) is 1.30. The number of nitrogens with one attached hydrogen (secondary N) is 1. The van der Waals surface area contributed by atoms with Crippen LogP contribution < -0.4 is 5.32 Å². The quantitative estimate of drug-likeness (QED) is 0.881. The number of hydrogen-bond donors (Lipinski definition) is 1. The van der Waals surface area contributed by atoms with E-state index in [1.807, 2.05) is 13.0 Å². The van der Waals surface area contributed by atoms with Crippen molar-refractivity contribution in [3.8, 4) is 0 Å². The smallest absolute Gasteiger partial charge is 0.229 e. The van der Waals surface area contributed by atoms with E-state index in [-0.39, 0.29) is 17.2 Å². The number of sulfone groups is 1. The molecule has 2 rings (SSSR count). The van der Waals surface area contributed by atoms with Crippen molar-refractivity contribution in [2.45, 2.75) is 18.2 Å². The maximum absolute atomic E-state index is 12.0. The average Bonchev–Trinajstić information content (AvgIpc) is 2.42. The van der Waals surface area contributed by atoms with Crippen molar-refractivity contribution in [3.05, 3.63) is 52.1 Å². The molecule has 0 spiro atoms. The van der Waals surface area contributed by atoms with Crippen LogP contribution in [0, 0.1) is 6.92 Å². The number of amides is 1. The molecule has 0 aliphatic carbocycles. The summed E-state index contributed by atoms with van der Waals surface area (Å²) in [5.41, 5.74) is 1.52. The number of nitrogens with zero attached hydrogens (tertiary/aromatic N) is 1. The van der Waals surface area contributed by atoms with Gasteiger partial charge in [0.25, 0.3) is 0 Å². The van der Waals surface area contributed by atoms with Crippen LogP contribution in [0.4, 0.5) is 5.82 Å². The van der Waals surface area contributed by atoms with E-state index in [9.17, 15) is 13.2 Å². The van der Waals surface area contributed by atoms with Crippen molar-refractivity contribution in [1.29, 1.82) is 0 Å². The summed E-state index contributed by atoms with van der Waals surface area (Å²) in [6, 6.07) is 9.80. The van der Waals surface area contributed by atoms with Crippen molar-refractivity contribution >= 4 is 37.5 Å². The van der Waals surface area contributed by atoms with E-state index in [4.69, 9.17) is 0 Å². The lowest BCUT2D eigenvalue weighted by molar-refractivity contribution is -0.115. The van der Waals surface area contributed by atoms with Gasteiger partial charge in [0.15, 0.2) is 9.84 Å². The van der Waals surface area contributed by atoms with Gasteiger partial charge in [0, 0.05) is 10.7 Å². The SMILES string of the molecule is Cc1nc(NC(=O)Cc2ccc(S(C)(=O)=O)cc2)ccc1Br. The molecule has 1 amide bonds. The van der Waals surface area contributed by atoms with Crippen LogP contribution in [0.25, 0.3) is 0 Å². The van der Waals surface area contributed by atoms with E-state index in [0.717, 1.165) is 22.0 Å². The predicted molar refractivity (Wildman–Crippen MR) is 88.6 cm³/mol. The summed E-state index contributed by atoms with van der Waals surface area (Å²) in [6.45, 7) is 1.84. The van der Waals surface area contributed by atoms with E-state index in [1.165, 1.54) is 12.1 Å². The highest BCUT2D eigenvalue weighted by molar-refractivity contribution is 9.10. The third-order valence-electron chi connectivity index (χ3n) is 3.00. The molecule has 0 saturated heterocycles. The largest absolute Gasteiger partial charge is 0.310 e. The monoisotopic (exact) mass is 382 g/mol. The number of hydrogen-bond acceptors (Lipinski definition) is 4. The van der Waals surface area contributed by atoms with Crippen molar-refractivity contribution in [3.63, 3.8) is 0 Å². The molecule has 0 atom stereocenters. The molecular weight excluding hydrogens is 368 g/mol. The van der Waals surface area contributed by atoms with Crippen LogP contribution in [-0.2, 0) is 21.1 Å². The molecule has 0 saturated carbocycles. The van der Waals surface area contributed by atoms with Crippen molar-refractivity contribution in [1.82, 2.24) is 4.98 Å². The van der Waals surface area contributed by atoms with E-state index >= 15 is 0 Å². The first-order valence-corrected chi connectivity index (χ1v) is 9.16. The molecule has 1 heterocycles. The van der Waals surface area contributed by atoms with E-state index in [0.29, 0.717) is 5.82 Å². The number of pyridine rings is 1. The first-order chi connectivity index (χ1) is 10.3. The van der Waals surface area contributed by atoms with E-state index in [1.54, 1.807) is 18.2 Å². The number of carbonyl (C=O) groups is 1. The zero-order chi connectivity index (χ0) is 16.3. The molecule has 116 valence electrons. The zero-order valence-corrected chi connectivity index (χ0v) is 14.5. The zero-order valence-electron chi connectivity index (χ0n) is 12.1. The Morgan fingerprint density at radius 2 is 1.82 bits per heavy atom. The molecule has 0 unspecified atom stereocenters. The van der Waals surface area contributed by atoms with Gasteiger partial charge in [-0.25, -0.2) is 13.4 Å². The van der Waals surface area contributed by atoms with Gasteiger partial charge in [0.2, 0.25) is 5.91 Å². The van der Waals surface area contributed by atoms with Gasteiger partial charge in [-0.2, -0.15) is 0 Å². The van der Waals surface area contributed by atoms with Crippen LogP contribution >= 0.6 is 15.9 Å². The second-order valence-corrected chi connectivity index (χ2v) is 7.77. The normalized spacial score (nSPS) is 11.2. The lowest BCUT2D eigenvalue weighted by Gasteiger charge is -2.07. The highest BCUT2D eigenvalue weighted by Crippen LogP contribution is 2.16. The third kappa shape index (κ3) is 4.38. The first-order valence-electron chi connectivity index (χ1n) is 6.48. The fraction of sp³-hybridized carbons (Fsp3) is 0.200. The number of benzene rings is 1. The minimum absolute atomic E-state index is 0.154. The fourth-order valence-electron chi connectivity index (χ4n) is 1.84. The predicted octanol–water partition coefficient (Wildman–Crippen LogP) is 2.74. The maximum Gasteiger partial charge on any atom is 0.229 e. The Kier molecular flexibility index (Phi) is 4.97. The Balaban J connectivity index is 2.04. The van der Waals surface area contributed by atoms with Crippen LogP contribution in [0.2, 0.25) is 0 Å². The molecule has 1 N–H and O–H groups in total. The molecule has 0 aliphatic heterocycles. The molecule has 0 aliphatic rings. The number of halogens is 1. The molecule has 1 aromatic carbocycles. The standard InChI is InChI=1S/C15H15BrN2O3S/c1-10-13(16)7-8-14(17-10)18-15(19)9-11-3-5-12(6-4-11)22(2,20)21/h3-8H,9H2,1-2H3,(H,17,18,19). The molecule has 1 aromatic heterocycles. The summed E-state index contributed by atoms with van der Waals surface area (Å²) in [5.74, 6) is 0.278. The molecule has 0 fully saturated rings. The number of aromatic nitrogens is 1. The number of carbonyl (C=O) groups excluding carboxylic acids is 1.